The number of fused-ring (bicyclic) bond motifs is 1. The van der Waals surface area contributed by atoms with Gasteiger partial charge in [-0.2, -0.15) is 13.2 Å². The number of alkyl halides is 3. The van der Waals surface area contributed by atoms with Crippen molar-refractivity contribution in [2.45, 2.75) is 19.5 Å². The van der Waals surface area contributed by atoms with Crippen molar-refractivity contribution < 1.29 is 13.2 Å². The van der Waals surface area contributed by atoms with E-state index in [4.69, 9.17) is 0 Å². The molecule has 1 aromatic heterocycles. The Kier molecular flexibility index (Phi) is 3.36. The fourth-order valence-corrected chi connectivity index (χ4v) is 1.66. The van der Waals surface area contributed by atoms with E-state index in [1.807, 2.05) is 25.1 Å². The number of halogens is 3. The van der Waals surface area contributed by atoms with Gasteiger partial charge in [0.15, 0.2) is 0 Å². The van der Waals surface area contributed by atoms with Crippen LogP contribution in [0.3, 0.4) is 0 Å². The molecule has 1 heterocycles. The molecule has 0 aliphatic carbocycles. The molecule has 2 rings (SSSR count). The monoisotopic (exact) mass is 251 g/mol. The zero-order valence-electron chi connectivity index (χ0n) is 9.83. The highest BCUT2D eigenvalue weighted by molar-refractivity contribution is 5.81. The van der Waals surface area contributed by atoms with Crippen molar-refractivity contribution in [3.05, 3.63) is 47.7 Å². The predicted molar refractivity (Wildman–Crippen MR) is 66.1 cm³/mol. The number of aromatic nitrogens is 1. The Hall–Kier alpha value is -1.84. The number of nitrogens with zero attached hydrogens (tertiary/aromatic N) is 1. The van der Waals surface area contributed by atoms with Gasteiger partial charge in [-0.05, 0) is 30.2 Å². The fourth-order valence-electron chi connectivity index (χ4n) is 1.66. The van der Waals surface area contributed by atoms with Crippen molar-refractivity contribution >= 4 is 17.0 Å². The summed E-state index contributed by atoms with van der Waals surface area (Å²) in [5.41, 5.74) is 0.730. The lowest BCUT2D eigenvalue weighted by molar-refractivity contribution is -0.137. The van der Waals surface area contributed by atoms with E-state index in [1.165, 1.54) is 0 Å². The first-order valence-electron chi connectivity index (χ1n) is 5.64. The lowest BCUT2D eigenvalue weighted by Gasteiger charge is -2.07. The van der Waals surface area contributed by atoms with Gasteiger partial charge in [0.1, 0.15) is 0 Å². The van der Waals surface area contributed by atoms with E-state index in [2.05, 4.69) is 4.98 Å². The standard InChI is InChI=1S/C14H12F3N/c1-2-3-4-10-5-6-13-11(7-10)8-12(9-18-13)14(15,16)17/h3-9H,2H2,1H3/b4-3+. The van der Waals surface area contributed by atoms with E-state index in [0.717, 1.165) is 24.2 Å². The van der Waals surface area contributed by atoms with Crippen molar-refractivity contribution in [2.24, 2.45) is 0 Å². The first-order valence-corrected chi connectivity index (χ1v) is 5.64. The molecular weight excluding hydrogens is 239 g/mol. The molecule has 0 saturated carbocycles. The number of allylic oxidation sites excluding steroid dienone is 1. The van der Waals surface area contributed by atoms with Crippen molar-refractivity contribution in [1.29, 1.82) is 0 Å². The van der Waals surface area contributed by atoms with Gasteiger partial charge in [0.05, 0.1) is 11.1 Å². The Morgan fingerprint density at radius 1 is 1.22 bits per heavy atom. The molecule has 0 atom stereocenters. The summed E-state index contributed by atoms with van der Waals surface area (Å²) in [7, 11) is 0. The third-order valence-corrected chi connectivity index (χ3v) is 2.58. The number of hydrogen-bond donors (Lipinski definition) is 0. The largest absolute Gasteiger partial charge is 0.417 e. The Morgan fingerprint density at radius 3 is 2.67 bits per heavy atom. The van der Waals surface area contributed by atoms with Gasteiger partial charge < -0.3 is 0 Å². The van der Waals surface area contributed by atoms with Crippen molar-refractivity contribution in [1.82, 2.24) is 4.98 Å². The van der Waals surface area contributed by atoms with Gasteiger partial charge in [-0.3, -0.25) is 4.98 Å². The summed E-state index contributed by atoms with van der Waals surface area (Å²) in [5.74, 6) is 0. The van der Waals surface area contributed by atoms with Crippen LogP contribution in [0.2, 0.25) is 0 Å². The van der Waals surface area contributed by atoms with Crippen LogP contribution in [0.25, 0.3) is 17.0 Å². The summed E-state index contributed by atoms with van der Waals surface area (Å²) in [6, 6.07) is 6.41. The van der Waals surface area contributed by atoms with Crippen LogP contribution in [0, 0.1) is 0 Å². The molecule has 4 heteroatoms. The normalized spacial score (nSPS) is 12.4. The highest BCUT2D eigenvalue weighted by Crippen LogP contribution is 2.30. The second-order valence-electron chi connectivity index (χ2n) is 3.98. The molecule has 0 saturated heterocycles. The first-order chi connectivity index (χ1) is 8.50. The van der Waals surface area contributed by atoms with E-state index in [0.29, 0.717) is 10.9 Å². The Bertz CT molecular complexity index is 585. The Balaban J connectivity index is 2.50. The van der Waals surface area contributed by atoms with E-state index in [-0.39, 0.29) is 0 Å². The highest BCUT2D eigenvalue weighted by atomic mass is 19.4. The Morgan fingerprint density at radius 2 is 2.00 bits per heavy atom. The molecule has 0 aliphatic heterocycles. The molecule has 0 aliphatic rings. The summed E-state index contributed by atoms with van der Waals surface area (Å²) in [4.78, 5) is 3.82. The minimum Gasteiger partial charge on any atom is -0.256 e. The molecule has 1 nitrogen and oxygen atoms in total. The number of hydrogen-bond acceptors (Lipinski definition) is 1. The lowest BCUT2D eigenvalue weighted by Crippen LogP contribution is -2.05. The number of pyridine rings is 1. The zero-order chi connectivity index (χ0) is 13.2. The van der Waals surface area contributed by atoms with Crippen LogP contribution in [0.4, 0.5) is 13.2 Å². The molecule has 0 N–H and O–H groups in total. The van der Waals surface area contributed by atoms with Gasteiger partial charge in [0, 0.05) is 11.6 Å². The molecule has 94 valence electrons. The van der Waals surface area contributed by atoms with Gasteiger partial charge in [-0.25, -0.2) is 0 Å². The van der Waals surface area contributed by atoms with Crippen LogP contribution >= 0.6 is 0 Å². The molecule has 0 amide bonds. The van der Waals surface area contributed by atoms with Crippen molar-refractivity contribution in [3.8, 4) is 0 Å². The molecule has 18 heavy (non-hydrogen) atoms. The average molecular weight is 251 g/mol. The molecule has 0 radical (unpaired) electrons. The molecule has 1 aromatic carbocycles. The predicted octanol–water partition coefficient (Wildman–Crippen LogP) is 4.68. The minimum absolute atomic E-state index is 0.503. The number of benzene rings is 1. The topological polar surface area (TPSA) is 12.9 Å². The third kappa shape index (κ3) is 2.70. The fraction of sp³-hybridized carbons (Fsp3) is 0.214. The van der Waals surface area contributed by atoms with Crippen LogP contribution in [0.1, 0.15) is 24.5 Å². The highest BCUT2D eigenvalue weighted by Gasteiger charge is 2.30. The van der Waals surface area contributed by atoms with E-state index in [1.54, 1.807) is 12.1 Å². The maximum atomic E-state index is 12.6. The van der Waals surface area contributed by atoms with E-state index < -0.39 is 11.7 Å². The maximum Gasteiger partial charge on any atom is 0.417 e. The SMILES string of the molecule is CC/C=C/c1ccc2ncc(C(F)(F)F)cc2c1. The second kappa shape index (κ2) is 4.80. The number of rotatable bonds is 2. The maximum absolute atomic E-state index is 12.6. The quantitative estimate of drug-likeness (QED) is 0.755. The molecule has 0 unspecified atom stereocenters. The zero-order valence-corrected chi connectivity index (χ0v) is 9.83. The van der Waals surface area contributed by atoms with Crippen molar-refractivity contribution in [2.75, 3.05) is 0 Å². The van der Waals surface area contributed by atoms with Crippen LogP contribution in [-0.4, -0.2) is 4.98 Å². The van der Waals surface area contributed by atoms with Gasteiger partial charge in [0.2, 0.25) is 0 Å². The van der Waals surface area contributed by atoms with Crippen molar-refractivity contribution in [3.63, 3.8) is 0 Å². The van der Waals surface area contributed by atoms with Gasteiger partial charge in [-0.1, -0.05) is 25.1 Å². The summed E-state index contributed by atoms with van der Waals surface area (Å²) < 4.78 is 37.7. The van der Waals surface area contributed by atoms with Crippen LogP contribution in [-0.2, 0) is 6.18 Å². The summed E-state index contributed by atoms with van der Waals surface area (Å²) in [6.45, 7) is 2.00. The van der Waals surface area contributed by atoms with Gasteiger partial charge >= 0.3 is 6.18 Å². The molecule has 0 bridgehead atoms. The first kappa shape index (κ1) is 12.6. The second-order valence-corrected chi connectivity index (χ2v) is 3.98. The molecule has 2 aromatic rings. The lowest BCUT2D eigenvalue weighted by atomic mass is 10.1. The summed E-state index contributed by atoms with van der Waals surface area (Å²) in [5, 5.41) is 0.503. The Labute approximate surface area is 103 Å². The summed E-state index contributed by atoms with van der Waals surface area (Å²) >= 11 is 0. The summed E-state index contributed by atoms with van der Waals surface area (Å²) in [6.07, 6.45) is 1.25. The molecular formula is C14H12F3N. The van der Waals surface area contributed by atoms with Crippen LogP contribution in [0.5, 0.6) is 0 Å². The van der Waals surface area contributed by atoms with Gasteiger partial charge in [0.25, 0.3) is 0 Å². The molecule has 0 fully saturated rings. The van der Waals surface area contributed by atoms with Crippen LogP contribution in [0.15, 0.2) is 36.5 Å². The third-order valence-electron chi connectivity index (χ3n) is 2.58. The van der Waals surface area contributed by atoms with Gasteiger partial charge in [-0.15, -0.1) is 0 Å². The van der Waals surface area contributed by atoms with E-state index in [9.17, 15) is 13.2 Å². The minimum atomic E-state index is -4.35. The molecule has 0 spiro atoms. The van der Waals surface area contributed by atoms with E-state index >= 15 is 0 Å². The van der Waals surface area contributed by atoms with Crippen LogP contribution < -0.4 is 0 Å². The smallest absolute Gasteiger partial charge is 0.256 e. The average Bonchev–Trinajstić information content (AvgIpc) is 2.34.